The highest BCUT2D eigenvalue weighted by molar-refractivity contribution is 5.92. The van der Waals surface area contributed by atoms with E-state index in [1.165, 1.54) is 16.8 Å². The molecule has 0 aliphatic carbocycles. The van der Waals surface area contributed by atoms with Gasteiger partial charge in [-0.3, -0.25) is 9.59 Å². The summed E-state index contributed by atoms with van der Waals surface area (Å²) in [5, 5.41) is 15.6. The summed E-state index contributed by atoms with van der Waals surface area (Å²) in [6, 6.07) is 2.76. The minimum Gasteiger partial charge on any atom is -0.396 e. The number of amides is 1. The van der Waals surface area contributed by atoms with E-state index in [0.717, 1.165) is 6.42 Å². The highest BCUT2D eigenvalue weighted by Gasteiger charge is 2.12. The summed E-state index contributed by atoms with van der Waals surface area (Å²) in [5.41, 5.74) is 0.0376. The number of carbonyl (C=O) groups is 1. The molecular weight excluding hydrogens is 246 g/mol. The maximum atomic E-state index is 11.9. The van der Waals surface area contributed by atoms with Gasteiger partial charge in [-0.2, -0.15) is 5.10 Å². The van der Waals surface area contributed by atoms with E-state index < -0.39 is 0 Å². The van der Waals surface area contributed by atoms with Crippen molar-refractivity contribution in [2.24, 2.45) is 0 Å². The molecule has 0 aliphatic rings. The first kappa shape index (κ1) is 15.4. The summed E-state index contributed by atoms with van der Waals surface area (Å²) < 4.78 is 1.30. The van der Waals surface area contributed by atoms with E-state index in [-0.39, 0.29) is 29.8 Å². The lowest BCUT2D eigenvalue weighted by Gasteiger charge is -2.13. The van der Waals surface area contributed by atoms with Crippen molar-refractivity contribution in [3.05, 3.63) is 28.2 Å². The van der Waals surface area contributed by atoms with Crippen LogP contribution in [0.5, 0.6) is 0 Å². The van der Waals surface area contributed by atoms with E-state index in [1.54, 1.807) is 0 Å². The van der Waals surface area contributed by atoms with E-state index in [9.17, 15) is 9.59 Å². The van der Waals surface area contributed by atoms with Crippen molar-refractivity contribution in [2.75, 3.05) is 6.61 Å². The Morgan fingerprint density at radius 2 is 2.26 bits per heavy atom. The Hall–Kier alpha value is -1.69. The van der Waals surface area contributed by atoms with E-state index in [4.69, 9.17) is 5.11 Å². The molecule has 6 heteroatoms. The number of hydrogen-bond donors (Lipinski definition) is 2. The largest absolute Gasteiger partial charge is 0.396 e. The van der Waals surface area contributed by atoms with Gasteiger partial charge in [-0.25, -0.2) is 4.68 Å². The van der Waals surface area contributed by atoms with Crippen molar-refractivity contribution in [3.63, 3.8) is 0 Å². The van der Waals surface area contributed by atoms with Gasteiger partial charge in [-0.1, -0.05) is 6.92 Å². The Labute approximate surface area is 112 Å². The predicted octanol–water partition coefficient (Wildman–Crippen LogP) is 0.544. The normalized spacial score (nSPS) is 12.2. The average Bonchev–Trinajstić information content (AvgIpc) is 2.39. The third-order valence-electron chi connectivity index (χ3n) is 2.71. The first-order valence-corrected chi connectivity index (χ1v) is 6.58. The van der Waals surface area contributed by atoms with Gasteiger partial charge in [0.1, 0.15) is 5.69 Å². The molecule has 0 saturated heterocycles. The van der Waals surface area contributed by atoms with Crippen molar-refractivity contribution >= 4 is 5.91 Å². The number of rotatable bonds is 7. The Morgan fingerprint density at radius 1 is 1.53 bits per heavy atom. The molecule has 0 aromatic carbocycles. The van der Waals surface area contributed by atoms with Gasteiger partial charge in [0.05, 0.1) is 0 Å². The second kappa shape index (κ2) is 7.68. The highest BCUT2D eigenvalue weighted by atomic mass is 16.3. The Kier molecular flexibility index (Phi) is 6.21. The van der Waals surface area contributed by atoms with Crippen molar-refractivity contribution in [1.29, 1.82) is 0 Å². The summed E-state index contributed by atoms with van der Waals surface area (Å²) in [4.78, 5) is 23.4. The van der Waals surface area contributed by atoms with Crippen LogP contribution in [0.1, 0.15) is 43.6 Å². The van der Waals surface area contributed by atoms with Gasteiger partial charge >= 0.3 is 0 Å². The van der Waals surface area contributed by atoms with Crippen LogP contribution in [0.4, 0.5) is 0 Å². The molecule has 6 nitrogen and oxygen atoms in total. The maximum Gasteiger partial charge on any atom is 0.271 e. The third kappa shape index (κ3) is 4.82. The number of carbonyl (C=O) groups excluding carboxylic acids is 1. The van der Waals surface area contributed by atoms with Crippen LogP contribution in [0, 0.1) is 0 Å². The molecule has 0 bridgehead atoms. The Balaban J connectivity index is 2.71. The van der Waals surface area contributed by atoms with E-state index in [0.29, 0.717) is 19.4 Å². The molecule has 0 fully saturated rings. The lowest BCUT2D eigenvalue weighted by atomic mass is 10.2. The molecule has 1 unspecified atom stereocenters. The zero-order valence-corrected chi connectivity index (χ0v) is 11.4. The summed E-state index contributed by atoms with van der Waals surface area (Å²) in [6.45, 7) is 4.42. The monoisotopic (exact) mass is 267 g/mol. The summed E-state index contributed by atoms with van der Waals surface area (Å²) in [5.74, 6) is -0.296. The molecule has 1 rings (SSSR count). The molecule has 0 radical (unpaired) electrons. The summed E-state index contributed by atoms with van der Waals surface area (Å²) >= 11 is 0. The molecule has 1 aromatic rings. The topological polar surface area (TPSA) is 84.2 Å². The molecule has 1 heterocycles. The van der Waals surface area contributed by atoms with Crippen LogP contribution in [0.25, 0.3) is 0 Å². The first-order chi connectivity index (χ1) is 9.08. The fourth-order valence-electron chi connectivity index (χ4n) is 1.71. The van der Waals surface area contributed by atoms with E-state index >= 15 is 0 Å². The molecule has 106 valence electrons. The summed E-state index contributed by atoms with van der Waals surface area (Å²) in [7, 11) is 0. The smallest absolute Gasteiger partial charge is 0.271 e. The van der Waals surface area contributed by atoms with Gasteiger partial charge in [0.25, 0.3) is 11.5 Å². The van der Waals surface area contributed by atoms with Crippen LogP contribution < -0.4 is 10.9 Å². The van der Waals surface area contributed by atoms with Crippen molar-refractivity contribution in [2.45, 2.75) is 45.7 Å². The number of nitrogens with zero attached hydrogens (tertiary/aromatic N) is 2. The lowest BCUT2D eigenvalue weighted by molar-refractivity contribution is 0.0928. The molecule has 0 saturated carbocycles. The zero-order valence-electron chi connectivity index (χ0n) is 11.4. The van der Waals surface area contributed by atoms with Crippen molar-refractivity contribution in [3.8, 4) is 0 Å². The summed E-state index contributed by atoms with van der Waals surface area (Å²) in [6.07, 6.45) is 2.13. The fraction of sp³-hybridized carbons (Fsp3) is 0.615. The van der Waals surface area contributed by atoms with E-state index in [2.05, 4.69) is 10.4 Å². The average molecular weight is 267 g/mol. The highest BCUT2D eigenvalue weighted by Crippen LogP contribution is 1.98. The fourth-order valence-corrected chi connectivity index (χ4v) is 1.71. The van der Waals surface area contributed by atoms with Crippen molar-refractivity contribution < 1.29 is 9.90 Å². The van der Waals surface area contributed by atoms with Gasteiger partial charge in [0.15, 0.2) is 0 Å². The number of hydrogen-bond acceptors (Lipinski definition) is 4. The maximum absolute atomic E-state index is 11.9. The predicted molar refractivity (Wildman–Crippen MR) is 72.0 cm³/mol. The van der Waals surface area contributed by atoms with Crippen LogP contribution in [-0.4, -0.2) is 33.4 Å². The van der Waals surface area contributed by atoms with Crippen LogP contribution in [0.3, 0.4) is 0 Å². The quantitative estimate of drug-likeness (QED) is 0.755. The standard InChI is InChI=1S/C13H21N3O3/c1-3-8-16-12(18)7-6-11(15-16)13(19)14-10(2)5-4-9-17/h6-7,10,17H,3-5,8-9H2,1-2H3,(H,14,19). The Morgan fingerprint density at radius 3 is 2.89 bits per heavy atom. The third-order valence-corrected chi connectivity index (χ3v) is 2.71. The van der Waals surface area contributed by atoms with E-state index in [1.807, 2.05) is 13.8 Å². The van der Waals surface area contributed by atoms with Crippen LogP contribution in [0.15, 0.2) is 16.9 Å². The minimum absolute atomic E-state index is 0.0343. The number of aryl methyl sites for hydroxylation is 1. The molecule has 0 aliphatic heterocycles. The molecule has 1 aromatic heterocycles. The molecular formula is C13H21N3O3. The van der Waals surface area contributed by atoms with Crippen LogP contribution in [0.2, 0.25) is 0 Å². The van der Waals surface area contributed by atoms with Gasteiger partial charge in [0.2, 0.25) is 0 Å². The Bertz CT molecular complexity index is 470. The van der Waals surface area contributed by atoms with Gasteiger partial charge in [0, 0.05) is 25.3 Å². The number of aromatic nitrogens is 2. The number of nitrogens with one attached hydrogen (secondary N) is 1. The molecule has 0 spiro atoms. The molecule has 1 atom stereocenters. The molecule has 2 N–H and O–H groups in total. The number of aliphatic hydroxyl groups is 1. The minimum atomic E-state index is -0.296. The van der Waals surface area contributed by atoms with Gasteiger partial charge < -0.3 is 10.4 Å². The molecule has 1 amide bonds. The van der Waals surface area contributed by atoms with Crippen LogP contribution in [-0.2, 0) is 6.54 Å². The SMILES string of the molecule is CCCn1nc(C(=O)NC(C)CCCO)ccc1=O. The second-order valence-electron chi connectivity index (χ2n) is 4.52. The molecule has 19 heavy (non-hydrogen) atoms. The van der Waals surface area contributed by atoms with Gasteiger partial charge in [-0.15, -0.1) is 0 Å². The lowest BCUT2D eigenvalue weighted by Crippen LogP contribution is -2.35. The number of aliphatic hydroxyl groups excluding tert-OH is 1. The zero-order chi connectivity index (χ0) is 14.3. The first-order valence-electron chi connectivity index (χ1n) is 6.58. The van der Waals surface area contributed by atoms with Gasteiger partial charge in [-0.05, 0) is 32.3 Å². The second-order valence-corrected chi connectivity index (χ2v) is 4.52. The van der Waals surface area contributed by atoms with Crippen molar-refractivity contribution in [1.82, 2.24) is 15.1 Å². The van der Waals surface area contributed by atoms with Crippen LogP contribution >= 0.6 is 0 Å².